The zero-order chi connectivity index (χ0) is 13.1. The normalized spacial score (nSPS) is 16.6. The predicted octanol–water partition coefficient (Wildman–Crippen LogP) is 3.80. The van der Waals surface area contributed by atoms with Crippen LogP contribution in [0, 0.1) is 5.82 Å². The Morgan fingerprint density at radius 1 is 1.28 bits per heavy atom. The molecule has 0 aliphatic heterocycles. The van der Waals surface area contributed by atoms with E-state index >= 15 is 0 Å². The Hall–Kier alpha value is -1.38. The number of rotatable bonds is 3. The topological polar surface area (TPSA) is 20.3 Å². The van der Waals surface area contributed by atoms with Gasteiger partial charge in [0.2, 0.25) is 0 Å². The van der Waals surface area contributed by atoms with Gasteiger partial charge in [-0.15, -0.1) is 0 Å². The van der Waals surface area contributed by atoms with Crippen LogP contribution in [0.3, 0.4) is 0 Å². The van der Waals surface area contributed by atoms with E-state index in [9.17, 15) is 9.18 Å². The molecule has 1 aromatic carbocycles. The first kappa shape index (κ1) is 13.1. The molecule has 0 saturated heterocycles. The lowest BCUT2D eigenvalue weighted by Gasteiger charge is -2.33. The number of ketones is 1. The van der Waals surface area contributed by atoms with Gasteiger partial charge in [-0.1, -0.05) is 19.3 Å². The molecular weight excluding hydrogens is 229 g/mol. The maximum atomic E-state index is 13.9. The highest BCUT2D eigenvalue weighted by molar-refractivity contribution is 5.95. The number of hydrogen-bond acceptors (Lipinski definition) is 2. The smallest absolute Gasteiger partial charge is 0.159 e. The minimum absolute atomic E-state index is 0.0201. The summed E-state index contributed by atoms with van der Waals surface area (Å²) in [5.41, 5.74) is 1.13. The van der Waals surface area contributed by atoms with Crippen molar-refractivity contribution in [3.05, 3.63) is 29.6 Å². The van der Waals surface area contributed by atoms with Gasteiger partial charge in [0.25, 0.3) is 0 Å². The molecule has 0 amide bonds. The van der Waals surface area contributed by atoms with Crippen LogP contribution in [0.15, 0.2) is 18.2 Å². The third kappa shape index (κ3) is 2.71. The van der Waals surface area contributed by atoms with E-state index in [2.05, 4.69) is 0 Å². The standard InChI is InChI=1S/C15H20FNO/c1-11(18)12-8-9-14(16)15(10-12)17(2)13-6-4-3-5-7-13/h8-10,13H,3-7H2,1-2H3. The number of halogens is 1. The summed E-state index contributed by atoms with van der Waals surface area (Å²) in [6.07, 6.45) is 5.92. The van der Waals surface area contributed by atoms with Crippen LogP contribution in [0.1, 0.15) is 49.4 Å². The van der Waals surface area contributed by atoms with Crippen molar-refractivity contribution in [1.82, 2.24) is 0 Å². The summed E-state index contributed by atoms with van der Waals surface area (Å²) in [4.78, 5) is 13.4. The van der Waals surface area contributed by atoms with Gasteiger partial charge in [-0.25, -0.2) is 4.39 Å². The third-order valence-corrected chi connectivity index (χ3v) is 3.86. The SMILES string of the molecule is CC(=O)c1ccc(F)c(N(C)C2CCCCC2)c1. The molecule has 18 heavy (non-hydrogen) atoms. The molecule has 2 rings (SSSR count). The Kier molecular flexibility index (Phi) is 4.00. The molecule has 0 spiro atoms. The first-order valence-electron chi connectivity index (χ1n) is 6.63. The van der Waals surface area contributed by atoms with Gasteiger partial charge >= 0.3 is 0 Å². The average Bonchev–Trinajstić information content (AvgIpc) is 2.39. The fraction of sp³-hybridized carbons (Fsp3) is 0.533. The van der Waals surface area contributed by atoms with Gasteiger partial charge in [0.05, 0.1) is 5.69 Å². The predicted molar refractivity (Wildman–Crippen MR) is 71.7 cm³/mol. The number of carbonyl (C=O) groups excluding carboxylic acids is 1. The molecule has 1 fully saturated rings. The molecule has 0 unspecified atom stereocenters. The second-order valence-electron chi connectivity index (χ2n) is 5.13. The van der Waals surface area contributed by atoms with Crippen LogP contribution >= 0.6 is 0 Å². The van der Waals surface area contributed by atoms with Crippen LogP contribution in [-0.2, 0) is 0 Å². The maximum Gasteiger partial charge on any atom is 0.159 e. The van der Waals surface area contributed by atoms with E-state index in [0.29, 0.717) is 17.3 Å². The monoisotopic (exact) mass is 249 g/mol. The lowest BCUT2D eigenvalue weighted by Crippen LogP contribution is -2.34. The minimum atomic E-state index is -0.243. The molecule has 1 aliphatic carbocycles. The Bertz CT molecular complexity index is 438. The van der Waals surface area contributed by atoms with Gasteiger partial charge in [0.1, 0.15) is 5.82 Å². The molecule has 3 heteroatoms. The van der Waals surface area contributed by atoms with E-state index in [1.165, 1.54) is 32.3 Å². The molecule has 1 saturated carbocycles. The molecule has 0 atom stereocenters. The second kappa shape index (κ2) is 5.51. The van der Waals surface area contributed by atoms with Crippen molar-refractivity contribution in [2.75, 3.05) is 11.9 Å². The Balaban J connectivity index is 2.25. The number of hydrogen-bond donors (Lipinski definition) is 0. The largest absolute Gasteiger partial charge is 0.369 e. The summed E-state index contributed by atoms with van der Waals surface area (Å²) in [6.45, 7) is 1.51. The Morgan fingerprint density at radius 3 is 2.56 bits per heavy atom. The first-order chi connectivity index (χ1) is 8.59. The molecule has 98 valence electrons. The van der Waals surface area contributed by atoms with Gasteiger partial charge in [-0.2, -0.15) is 0 Å². The molecule has 0 N–H and O–H groups in total. The zero-order valence-electron chi connectivity index (χ0n) is 11.1. The molecule has 1 aliphatic rings. The molecule has 1 aromatic rings. The molecule has 0 aromatic heterocycles. The number of Topliss-reactive ketones (excluding diaryl/α,β-unsaturated/α-hetero) is 1. The van der Waals surface area contributed by atoms with Gasteiger partial charge in [0, 0.05) is 18.7 Å². The van der Waals surface area contributed by atoms with E-state index in [-0.39, 0.29) is 11.6 Å². The van der Waals surface area contributed by atoms with Crippen LogP contribution in [-0.4, -0.2) is 18.9 Å². The average molecular weight is 249 g/mol. The van der Waals surface area contributed by atoms with Crippen molar-refractivity contribution >= 4 is 11.5 Å². The van der Waals surface area contributed by atoms with E-state index in [0.717, 1.165) is 12.8 Å². The fourth-order valence-electron chi connectivity index (χ4n) is 2.67. The lowest BCUT2D eigenvalue weighted by molar-refractivity contribution is 0.101. The van der Waals surface area contributed by atoms with Crippen LogP contribution in [0.5, 0.6) is 0 Å². The van der Waals surface area contributed by atoms with Crippen LogP contribution < -0.4 is 4.90 Å². The Labute approximate surface area is 108 Å². The van der Waals surface area contributed by atoms with Gasteiger partial charge < -0.3 is 4.90 Å². The number of nitrogens with zero attached hydrogens (tertiary/aromatic N) is 1. The molecule has 0 heterocycles. The molecule has 0 radical (unpaired) electrons. The van der Waals surface area contributed by atoms with Crippen molar-refractivity contribution in [3.63, 3.8) is 0 Å². The summed E-state index contributed by atoms with van der Waals surface area (Å²) in [5, 5.41) is 0. The van der Waals surface area contributed by atoms with Crippen molar-refractivity contribution < 1.29 is 9.18 Å². The molecule has 2 nitrogen and oxygen atoms in total. The summed E-state index contributed by atoms with van der Waals surface area (Å²) < 4.78 is 13.9. The van der Waals surface area contributed by atoms with Crippen molar-refractivity contribution in [1.29, 1.82) is 0 Å². The second-order valence-corrected chi connectivity index (χ2v) is 5.13. The van der Waals surface area contributed by atoms with Crippen molar-refractivity contribution in [2.24, 2.45) is 0 Å². The van der Waals surface area contributed by atoms with Crippen LogP contribution in [0.4, 0.5) is 10.1 Å². The molecule has 0 bridgehead atoms. The van der Waals surface area contributed by atoms with E-state index in [4.69, 9.17) is 0 Å². The number of anilines is 1. The van der Waals surface area contributed by atoms with E-state index in [1.54, 1.807) is 12.1 Å². The minimum Gasteiger partial charge on any atom is -0.369 e. The Morgan fingerprint density at radius 2 is 1.94 bits per heavy atom. The van der Waals surface area contributed by atoms with Crippen LogP contribution in [0.2, 0.25) is 0 Å². The highest BCUT2D eigenvalue weighted by atomic mass is 19.1. The highest BCUT2D eigenvalue weighted by Gasteiger charge is 2.21. The maximum absolute atomic E-state index is 13.9. The quantitative estimate of drug-likeness (QED) is 0.759. The lowest BCUT2D eigenvalue weighted by atomic mass is 9.94. The van der Waals surface area contributed by atoms with Crippen molar-refractivity contribution in [3.8, 4) is 0 Å². The van der Waals surface area contributed by atoms with E-state index in [1.807, 2.05) is 11.9 Å². The number of benzene rings is 1. The highest BCUT2D eigenvalue weighted by Crippen LogP contribution is 2.28. The zero-order valence-corrected chi connectivity index (χ0v) is 11.1. The summed E-state index contributed by atoms with van der Waals surface area (Å²) in [5.74, 6) is -0.263. The summed E-state index contributed by atoms with van der Waals surface area (Å²) in [7, 11) is 1.93. The molecular formula is C15H20FNO. The number of carbonyl (C=O) groups is 1. The first-order valence-corrected chi connectivity index (χ1v) is 6.63. The van der Waals surface area contributed by atoms with Gasteiger partial charge in [0.15, 0.2) is 5.78 Å². The summed E-state index contributed by atoms with van der Waals surface area (Å²) in [6, 6.07) is 5.02. The van der Waals surface area contributed by atoms with E-state index < -0.39 is 0 Å². The van der Waals surface area contributed by atoms with Gasteiger partial charge in [-0.3, -0.25) is 4.79 Å². The fourth-order valence-corrected chi connectivity index (χ4v) is 2.67. The summed E-state index contributed by atoms with van der Waals surface area (Å²) >= 11 is 0. The van der Waals surface area contributed by atoms with Gasteiger partial charge in [-0.05, 0) is 38.0 Å². The van der Waals surface area contributed by atoms with Crippen LogP contribution in [0.25, 0.3) is 0 Å². The third-order valence-electron chi connectivity index (χ3n) is 3.86. The van der Waals surface area contributed by atoms with Crippen molar-refractivity contribution in [2.45, 2.75) is 45.1 Å².